The third kappa shape index (κ3) is 4.57. The van der Waals surface area contributed by atoms with Gasteiger partial charge < -0.3 is 10.6 Å². The Morgan fingerprint density at radius 3 is 2.30 bits per heavy atom. The molecule has 2 aliphatic rings. The Labute approximate surface area is 160 Å². The van der Waals surface area contributed by atoms with E-state index in [1.165, 1.54) is 37.0 Å². The highest BCUT2D eigenvalue weighted by molar-refractivity contribution is 7.90. The molecule has 2 aromatic rings. The van der Waals surface area contributed by atoms with Gasteiger partial charge in [-0.05, 0) is 73.7 Å². The van der Waals surface area contributed by atoms with E-state index in [1.54, 1.807) is 12.1 Å². The van der Waals surface area contributed by atoms with Gasteiger partial charge in [-0.1, -0.05) is 12.1 Å². The van der Waals surface area contributed by atoms with Gasteiger partial charge in [-0.25, -0.2) is 8.42 Å². The smallest absolute Gasteiger partial charge is 0.255 e. The molecule has 2 atom stereocenters. The first-order valence-corrected chi connectivity index (χ1v) is 11.2. The van der Waals surface area contributed by atoms with Crippen molar-refractivity contribution in [3.63, 3.8) is 0 Å². The molecule has 0 radical (unpaired) electrons. The molecule has 0 saturated heterocycles. The van der Waals surface area contributed by atoms with Crippen LogP contribution in [0.3, 0.4) is 0 Å². The lowest BCUT2D eigenvalue weighted by atomic mass is 10.1. The number of carbonyl (C=O) groups is 1. The van der Waals surface area contributed by atoms with Gasteiger partial charge >= 0.3 is 0 Å². The maximum Gasteiger partial charge on any atom is 0.255 e. The largest absolute Gasteiger partial charge is 0.322 e. The molecule has 0 aromatic heterocycles. The Morgan fingerprint density at radius 1 is 1.04 bits per heavy atom. The fourth-order valence-electron chi connectivity index (χ4n) is 3.30. The molecule has 4 rings (SSSR count). The normalized spacial score (nSPS) is 21.7. The summed E-state index contributed by atoms with van der Waals surface area (Å²) in [6.07, 6.45) is 5.06. The van der Waals surface area contributed by atoms with Gasteiger partial charge in [0.05, 0.1) is 4.90 Å². The molecule has 2 fully saturated rings. The minimum atomic E-state index is -3.24. The first-order chi connectivity index (χ1) is 12.9. The number of anilines is 1. The van der Waals surface area contributed by atoms with Crippen LogP contribution in [0.1, 0.15) is 41.1 Å². The van der Waals surface area contributed by atoms with Gasteiger partial charge in [-0.2, -0.15) is 0 Å². The summed E-state index contributed by atoms with van der Waals surface area (Å²) in [5, 5.41) is 6.43. The highest BCUT2D eigenvalue weighted by Gasteiger charge is 2.38. The van der Waals surface area contributed by atoms with Crippen molar-refractivity contribution < 1.29 is 13.2 Å². The van der Waals surface area contributed by atoms with E-state index in [9.17, 15) is 13.2 Å². The van der Waals surface area contributed by atoms with Crippen LogP contribution in [0.4, 0.5) is 5.69 Å². The van der Waals surface area contributed by atoms with Crippen LogP contribution in [-0.2, 0) is 9.84 Å². The van der Waals surface area contributed by atoms with E-state index in [0.29, 0.717) is 23.2 Å². The van der Waals surface area contributed by atoms with Gasteiger partial charge in [0, 0.05) is 29.5 Å². The molecule has 0 bridgehead atoms. The average Bonchev–Trinajstić information content (AvgIpc) is 3.54. The molecule has 0 spiro atoms. The highest BCUT2D eigenvalue weighted by Crippen LogP contribution is 2.41. The van der Waals surface area contributed by atoms with Crippen molar-refractivity contribution in [1.82, 2.24) is 5.32 Å². The lowest BCUT2D eigenvalue weighted by Crippen LogP contribution is -2.20. The first kappa shape index (κ1) is 18.2. The molecule has 0 aliphatic heterocycles. The van der Waals surface area contributed by atoms with E-state index in [0.717, 1.165) is 18.7 Å². The molecule has 6 heteroatoms. The summed E-state index contributed by atoms with van der Waals surface area (Å²) in [6.45, 7) is 1.14. The van der Waals surface area contributed by atoms with Crippen LogP contribution < -0.4 is 10.6 Å². The molecule has 2 aliphatic carbocycles. The van der Waals surface area contributed by atoms with Crippen LogP contribution in [-0.4, -0.2) is 33.2 Å². The molecule has 2 aromatic carbocycles. The first-order valence-electron chi connectivity index (χ1n) is 9.35. The molecule has 27 heavy (non-hydrogen) atoms. The third-order valence-corrected chi connectivity index (χ3v) is 6.43. The van der Waals surface area contributed by atoms with Gasteiger partial charge in [0.2, 0.25) is 0 Å². The highest BCUT2D eigenvalue weighted by atomic mass is 32.2. The van der Waals surface area contributed by atoms with E-state index in [1.807, 2.05) is 24.3 Å². The zero-order valence-electron chi connectivity index (χ0n) is 15.3. The van der Waals surface area contributed by atoms with Crippen molar-refractivity contribution in [2.75, 3.05) is 18.1 Å². The lowest BCUT2D eigenvalue weighted by Gasteiger charge is -2.07. The van der Waals surface area contributed by atoms with Crippen molar-refractivity contribution in [3.05, 3.63) is 59.7 Å². The Hall–Kier alpha value is -2.18. The van der Waals surface area contributed by atoms with Gasteiger partial charge in [-0.15, -0.1) is 0 Å². The van der Waals surface area contributed by atoms with Crippen molar-refractivity contribution in [2.24, 2.45) is 5.92 Å². The van der Waals surface area contributed by atoms with Gasteiger partial charge in [0.25, 0.3) is 5.91 Å². The van der Waals surface area contributed by atoms with E-state index in [-0.39, 0.29) is 10.8 Å². The predicted molar refractivity (Wildman–Crippen MR) is 106 cm³/mol. The summed E-state index contributed by atoms with van der Waals surface area (Å²) in [5.41, 5.74) is 2.44. The Bertz CT molecular complexity index is 932. The van der Waals surface area contributed by atoms with Crippen LogP contribution in [0.25, 0.3) is 0 Å². The lowest BCUT2D eigenvalue weighted by molar-refractivity contribution is 0.102. The number of hydrogen-bond acceptors (Lipinski definition) is 4. The van der Waals surface area contributed by atoms with E-state index < -0.39 is 9.84 Å². The summed E-state index contributed by atoms with van der Waals surface area (Å²) < 4.78 is 23.0. The Balaban J connectivity index is 1.34. The number of rotatable bonds is 7. The van der Waals surface area contributed by atoms with Crippen LogP contribution in [0.5, 0.6) is 0 Å². The van der Waals surface area contributed by atoms with Crippen molar-refractivity contribution in [3.8, 4) is 0 Å². The molecular formula is C21H24N2O3S. The molecule has 2 N–H and O–H groups in total. The second kappa shape index (κ2) is 7.09. The number of benzene rings is 2. The maximum atomic E-state index is 12.4. The molecule has 1 amide bonds. The van der Waals surface area contributed by atoms with Crippen molar-refractivity contribution in [2.45, 2.75) is 36.1 Å². The number of hydrogen-bond donors (Lipinski definition) is 2. The Morgan fingerprint density at radius 2 is 1.70 bits per heavy atom. The molecule has 142 valence electrons. The number of sulfone groups is 1. The summed E-state index contributed by atoms with van der Waals surface area (Å²) in [4.78, 5) is 12.6. The van der Waals surface area contributed by atoms with Crippen LogP contribution in [0.15, 0.2) is 53.4 Å². The van der Waals surface area contributed by atoms with E-state index in [4.69, 9.17) is 0 Å². The van der Waals surface area contributed by atoms with Crippen LogP contribution >= 0.6 is 0 Å². The van der Waals surface area contributed by atoms with Gasteiger partial charge in [0.15, 0.2) is 9.84 Å². The van der Waals surface area contributed by atoms with Crippen molar-refractivity contribution in [1.29, 1.82) is 0 Å². The quantitative estimate of drug-likeness (QED) is 0.769. The molecule has 0 unspecified atom stereocenters. The number of carbonyl (C=O) groups excluding carboxylic acids is 1. The van der Waals surface area contributed by atoms with Crippen LogP contribution in [0.2, 0.25) is 0 Å². The second-order valence-corrected chi connectivity index (χ2v) is 9.69. The number of amides is 1. The monoisotopic (exact) mass is 384 g/mol. The van der Waals surface area contributed by atoms with E-state index >= 15 is 0 Å². The topological polar surface area (TPSA) is 75.3 Å². The van der Waals surface area contributed by atoms with Crippen molar-refractivity contribution >= 4 is 21.4 Å². The predicted octanol–water partition coefficient (Wildman–Crippen LogP) is 3.20. The summed E-state index contributed by atoms with van der Waals surface area (Å²) >= 11 is 0. The maximum absolute atomic E-state index is 12.4. The summed E-state index contributed by atoms with van der Waals surface area (Å²) in [5.74, 6) is 1.25. The Kier molecular flexibility index (Phi) is 4.78. The van der Waals surface area contributed by atoms with E-state index in [2.05, 4.69) is 10.6 Å². The minimum absolute atomic E-state index is 0.201. The molecule has 0 heterocycles. The summed E-state index contributed by atoms with van der Waals surface area (Å²) in [7, 11) is -3.24. The summed E-state index contributed by atoms with van der Waals surface area (Å²) in [6, 6.07) is 14.5. The zero-order chi connectivity index (χ0) is 19.0. The number of nitrogens with one attached hydrogen (secondary N) is 2. The van der Waals surface area contributed by atoms with Crippen LogP contribution in [0, 0.1) is 5.92 Å². The van der Waals surface area contributed by atoms with Gasteiger partial charge in [-0.3, -0.25) is 4.79 Å². The molecule has 2 saturated carbocycles. The minimum Gasteiger partial charge on any atom is -0.322 e. The fourth-order valence-corrected chi connectivity index (χ4v) is 3.93. The molecule has 5 nitrogen and oxygen atoms in total. The second-order valence-electron chi connectivity index (χ2n) is 7.67. The van der Waals surface area contributed by atoms with Gasteiger partial charge in [0.1, 0.15) is 0 Å². The molecular weight excluding hydrogens is 360 g/mol. The standard InChI is InChI=1S/C21H24N2O3S/c1-27(25,26)18-10-8-17(9-11-18)23-21(24)16-6-4-15(5-7-16)19-12-20(19)22-13-14-2-3-14/h4-11,14,19-20,22H,2-3,12-13H2,1H3,(H,23,24)/t19-,20+/m0/s1. The SMILES string of the molecule is CS(=O)(=O)c1ccc(NC(=O)c2ccc([C@@H]3C[C@H]3NCC3CC3)cc2)cc1. The fraction of sp³-hybridized carbons (Fsp3) is 0.381. The third-order valence-electron chi connectivity index (χ3n) is 5.30. The average molecular weight is 385 g/mol. The zero-order valence-corrected chi connectivity index (χ0v) is 16.1.